The molecule has 88 valence electrons. The van der Waals surface area contributed by atoms with Gasteiger partial charge in [0.05, 0.1) is 0 Å². The van der Waals surface area contributed by atoms with Crippen LogP contribution < -0.4 is 0 Å². The lowest BCUT2D eigenvalue weighted by molar-refractivity contribution is 0.0690. The third-order valence-electron chi connectivity index (χ3n) is 2.22. The first kappa shape index (κ1) is 11.8. The number of rotatable bonds is 2. The van der Waals surface area contributed by atoms with Gasteiger partial charge in [0, 0.05) is 15.7 Å². The van der Waals surface area contributed by atoms with Gasteiger partial charge < -0.3 is 10.1 Å². The van der Waals surface area contributed by atoms with Crippen molar-refractivity contribution in [1.29, 1.82) is 0 Å². The summed E-state index contributed by atoms with van der Waals surface area (Å²) in [6, 6.07) is 4.26. The summed E-state index contributed by atoms with van der Waals surface area (Å²) in [6.07, 6.45) is 0. The van der Waals surface area contributed by atoms with E-state index in [2.05, 4.69) is 25.9 Å². The van der Waals surface area contributed by atoms with Gasteiger partial charge in [-0.3, -0.25) is 0 Å². The molecule has 1 aromatic carbocycles. The molecule has 2 aromatic rings. The molecule has 0 aliphatic heterocycles. The Balaban J connectivity index is 2.53. The molecule has 0 atom stereocenters. The lowest BCUT2D eigenvalue weighted by atomic mass is 10.2. The number of aromatic amines is 1. The van der Waals surface area contributed by atoms with E-state index in [4.69, 9.17) is 5.11 Å². The van der Waals surface area contributed by atoms with Gasteiger partial charge >= 0.3 is 5.97 Å². The number of hydrogen-bond acceptors (Lipinski definition) is 2. The third kappa shape index (κ3) is 2.36. The van der Waals surface area contributed by atoms with E-state index >= 15 is 0 Å². The number of aromatic carboxylic acids is 1. The van der Waals surface area contributed by atoms with Gasteiger partial charge in [0.1, 0.15) is 11.6 Å². The van der Waals surface area contributed by atoms with Crippen molar-refractivity contribution in [2.45, 2.75) is 6.92 Å². The highest BCUT2D eigenvalue weighted by molar-refractivity contribution is 9.10. The van der Waals surface area contributed by atoms with Gasteiger partial charge in [-0.1, -0.05) is 15.9 Å². The van der Waals surface area contributed by atoms with Crippen LogP contribution in [0.25, 0.3) is 11.4 Å². The molecule has 1 heterocycles. The molecule has 2 rings (SSSR count). The number of hydrogen-bond donors (Lipinski definition) is 2. The van der Waals surface area contributed by atoms with Crippen LogP contribution in [0.4, 0.5) is 4.39 Å². The molecule has 0 aliphatic carbocycles. The molecule has 17 heavy (non-hydrogen) atoms. The van der Waals surface area contributed by atoms with Crippen molar-refractivity contribution in [2.75, 3.05) is 0 Å². The number of carbonyl (C=O) groups is 1. The highest BCUT2D eigenvalue weighted by atomic mass is 79.9. The Kier molecular flexibility index (Phi) is 2.97. The highest BCUT2D eigenvalue weighted by Crippen LogP contribution is 2.23. The van der Waals surface area contributed by atoms with E-state index in [9.17, 15) is 9.18 Å². The maximum atomic E-state index is 13.2. The van der Waals surface area contributed by atoms with Crippen LogP contribution in [0, 0.1) is 12.7 Å². The summed E-state index contributed by atoms with van der Waals surface area (Å²) >= 11 is 3.17. The molecular weight excluding hydrogens is 291 g/mol. The van der Waals surface area contributed by atoms with Crippen LogP contribution in [0.5, 0.6) is 0 Å². The largest absolute Gasteiger partial charge is 0.476 e. The Morgan fingerprint density at radius 3 is 2.71 bits per heavy atom. The summed E-state index contributed by atoms with van der Waals surface area (Å²) in [5.74, 6) is -1.19. The van der Waals surface area contributed by atoms with E-state index in [1.54, 1.807) is 13.0 Å². The molecule has 0 aliphatic rings. The number of halogens is 2. The van der Waals surface area contributed by atoms with Crippen LogP contribution in [0.3, 0.4) is 0 Å². The van der Waals surface area contributed by atoms with Crippen molar-refractivity contribution in [1.82, 2.24) is 9.97 Å². The smallest absolute Gasteiger partial charge is 0.356 e. The molecule has 6 heteroatoms. The first-order chi connectivity index (χ1) is 7.97. The summed E-state index contributed by atoms with van der Waals surface area (Å²) in [4.78, 5) is 17.6. The zero-order valence-corrected chi connectivity index (χ0v) is 10.4. The number of imidazole rings is 1. The summed E-state index contributed by atoms with van der Waals surface area (Å²) in [7, 11) is 0. The van der Waals surface area contributed by atoms with Crippen molar-refractivity contribution in [2.24, 2.45) is 0 Å². The van der Waals surface area contributed by atoms with Gasteiger partial charge in [-0.25, -0.2) is 14.2 Å². The van der Waals surface area contributed by atoms with Gasteiger partial charge in [0.2, 0.25) is 0 Å². The molecule has 0 amide bonds. The van der Waals surface area contributed by atoms with Crippen LogP contribution >= 0.6 is 15.9 Å². The van der Waals surface area contributed by atoms with Gasteiger partial charge in [-0.05, 0) is 25.1 Å². The number of nitrogens with zero attached hydrogens (tertiary/aromatic N) is 1. The van der Waals surface area contributed by atoms with Crippen molar-refractivity contribution < 1.29 is 14.3 Å². The van der Waals surface area contributed by atoms with Crippen LogP contribution in [-0.2, 0) is 0 Å². The first-order valence-corrected chi connectivity index (χ1v) is 5.53. The zero-order valence-electron chi connectivity index (χ0n) is 8.79. The van der Waals surface area contributed by atoms with Gasteiger partial charge in [0.25, 0.3) is 0 Å². The molecule has 0 spiro atoms. The second kappa shape index (κ2) is 4.29. The third-order valence-corrected chi connectivity index (χ3v) is 2.68. The van der Waals surface area contributed by atoms with E-state index in [-0.39, 0.29) is 5.69 Å². The number of H-pyrrole nitrogens is 1. The number of carboxylic acid groups (broad SMARTS) is 1. The number of benzene rings is 1. The van der Waals surface area contributed by atoms with Crippen LogP contribution in [0.2, 0.25) is 0 Å². The van der Waals surface area contributed by atoms with Gasteiger partial charge in [0.15, 0.2) is 5.69 Å². The van der Waals surface area contributed by atoms with Gasteiger partial charge in [-0.2, -0.15) is 0 Å². The highest BCUT2D eigenvalue weighted by Gasteiger charge is 2.14. The Bertz CT molecular complexity index is 575. The molecule has 0 saturated heterocycles. The van der Waals surface area contributed by atoms with E-state index < -0.39 is 11.8 Å². The molecule has 1 aromatic heterocycles. The summed E-state index contributed by atoms with van der Waals surface area (Å²) in [5.41, 5.74) is 0.876. The van der Waals surface area contributed by atoms with Crippen LogP contribution in [0.1, 0.15) is 16.2 Å². The SMILES string of the molecule is Cc1[nH]c(-c2cc(F)cc(Br)c2)nc1C(=O)O. The topological polar surface area (TPSA) is 66.0 Å². The molecule has 2 N–H and O–H groups in total. The molecule has 0 bridgehead atoms. The maximum absolute atomic E-state index is 13.2. The van der Waals surface area contributed by atoms with E-state index in [0.717, 1.165) is 0 Å². The van der Waals surface area contributed by atoms with Crippen molar-refractivity contribution in [3.05, 3.63) is 39.9 Å². The predicted molar refractivity (Wildman–Crippen MR) is 63.4 cm³/mol. The molecule has 0 fully saturated rings. The lowest BCUT2D eigenvalue weighted by Crippen LogP contribution is -1.98. The monoisotopic (exact) mass is 298 g/mol. The standard InChI is InChI=1S/C11H8BrFN2O2/c1-5-9(11(16)17)15-10(14-5)6-2-7(12)4-8(13)3-6/h2-4H,1H3,(H,14,15)(H,16,17). The quantitative estimate of drug-likeness (QED) is 0.896. The van der Waals surface area contributed by atoms with Crippen LogP contribution in [-0.4, -0.2) is 21.0 Å². The van der Waals surface area contributed by atoms with E-state index in [1.165, 1.54) is 12.1 Å². The second-order valence-electron chi connectivity index (χ2n) is 3.52. The number of carboxylic acids is 1. The molecule has 0 saturated carbocycles. The predicted octanol–water partition coefficient (Wildman–Crippen LogP) is 2.98. The summed E-state index contributed by atoms with van der Waals surface area (Å²) in [5, 5.41) is 8.87. The lowest BCUT2D eigenvalue weighted by Gasteiger charge is -1.98. The Hall–Kier alpha value is -1.69. The zero-order chi connectivity index (χ0) is 12.6. The number of aromatic nitrogens is 2. The van der Waals surface area contributed by atoms with Crippen LogP contribution in [0.15, 0.2) is 22.7 Å². The van der Waals surface area contributed by atoms with E-state index in [1.807, 2.05) is 0 Å². The molecule has 0 radical (unpaired) electrons. The fraction of sp³-hybridized carbons (Fsp3) is 0.0909. The Morgan fingerprint density at radius 1 is 1.47 bits per heavy atom. The average molecular weight is 299 g/mol. The van der Waals surface area contributed by atoms with Crippen molar-refractivity contribution >= 4 is 21.9 Å². The van der Waals surface area contributed by atoms with Crippen molar-refractivity contribution in [3.63, 3.8) is 0 Å². The minimum absolute atomic E-state index is 0.0552. The summed E-state index contributed by atoms with van der Waals surface area (Å²) in [6.45, 7) is 1.61. The van der Waals surface area contributed by atoms with Gasteiger partial charge in [-0.15, -0.1) is 0 Å². The summed E-state index contributed by atoms with van der Waals surface area (Å²) < 4.78 is 13.8. The molecule has 4 nitrogen and oxygen atoms in total. The van der Waals surface area contributed by atoms with Crippen molar-refractivity contribution in [3.8, 4) is 11.4 Å². The minimum Gasteiger partial charge on any atom is -0.476 e. The number of aryl methyl sites for hydroxylation is 1. The number of nitrogens with one attached hydrogen (secondary N) is 1. The minimum atomic E-state index is -1.11. The molecule has 0 unspecified atom stereocenters. The molecular formula is C11H8BrFN2O2. The Labute approximate surface area is 105 Å². The second-order valence-corrected chi connectivity index (χ2v) is 4.44. The van der Waals surface area contributed by atoms with E-state index in [0.29, 0.717) is 21.6 Å². The average Bonchev–Trinajstić information content (AvgIpc) is 2.59. The Morgan fingerprint density at radius 2 is 2.18 bits per heavy atom. The fourth-order valence-corrected chi connectivity index (χ4v) is 1.96. The fourth-order valence-electron chi connectivity index (χ4n) is 1.50. The normalized spacial score (nSPS) is 10.5. The first-order valence-electron chi connectivity index (χ1n) is 4.73. The maximum Gasteiger partial charge on any atom is 0.356 e.